The van der Waals surface area contributed by atoms with Crippen LogP contribution in [0.15, 0.2) is 0 Å². The molecule has 1 rings (SSSR count). The number of rotatable bonds is 7. The van der Waals surface area contributed by atoms with Crippen LogP contribution in [0.4, 0.5) is 0 Å². The molecule has 0 bridgehead atoms. The van der Waals surface area contributed by atoms with Gasteiger partial charge in [-0.05, 0) is 38.8 Å². The predicted octanol–water partition coefficient (Wildman–Crippen LogP) is 2.89. The van der Waals surface area contributed by atoms with Crippen LogP contribution in [0.3, 0.4) is 0 Å². The average molecular weight is 226 g/mol. The van der Waals surface area contributed by atoms with Crippen LogP contribution in [0.25, 0.3) is 0 Å². The topological polar surface area (TPSA) is 15.3 Å². The molecule has 1 N–H and O–H groups in total. The standard InChI is InChI=1S/C14H30N2/c1-4-6-8-13(5-2)11-16-10-7-9-14(12-16)15-3/h13-15H,4-12H2,1-3H3. The van der Waals surface area contributed by atoms with Crippen LogP contribution >= 0.6 is 0 Å². The third-order valence-electron chi connectivity index (χ3n) is 3.97. The first-order valence-electron chi connectivity index (χ1n) is 7.19. The molecule has 0 amide bonds. The minimum absolute atomic E-state index is 0.734. The monoisotopic (exact) mass is 226 g/mol. The van der Waals surface area contributed by atoms with Gasteiger partial charge in [-0.25, -0.2) is 0 Å². The summed E-state index contributed by atoms with van der Waals surface area (Å²) in [5, 5.41) is 3.43. The van der Waals surface area contributed by atoms with Crippen molar-refractivity contribution in [2.75, 3.05) is 26.7 Å². The van der Waals surface area contributed by atoms with Gasteiger partial charge in [-0.15, -0.1) is 0 Å². The number of likely N-dealkylation sites (tertiary alicyclic amines) is 1. The highest BCUT2D eigenvalue weighted by Gasteiger charge is 2.20. The maximum atomic E-state index is 3.43. The highest BCUT2D eigenvalue weighted by Crippen LogP contribution is 2.17. The van der Waals surface area contributed by atoms with Crippen molar-refractivity contribution in [1.82, 2.24) is 10.2 Å². The molecule has 2 unspecified atom stereocenters. The Bertz CT molecular complexity index is 170. The van der Waals surface area contributed by atoms with Gasteiger partial charge in [0.15, 0.2) is 0 Å². The second kappa shape index (κ2) is 8.08. The number of nitrogens with zero attached hydrogens (tertiary/aromatic N) is 1. The third kappa shape index (κ3) is 4.84. The summed E-state index contributed by atoms with van der Waals surface area (Å²) in [6.45, 7) is 8.55. The normalized spacial score (nSPS) is 24.6. The zero-order valence-corrected chi connectivity index (χ0v) is 11.5. The molecule has 2 nitrogen and oxygen atoms in total. The molecule has 1 heterocycles. The number of likely N-dealkylation sites (N-methyl/N-ethyl adjacent to an activating group) is 1. The number of unbranched alkanes of at least 4 members (excludes halogenated alkanes) is 1. The van der Waals surface area contributed by atoms with Crippen molar-refractivity contribution in [2.24, 2.45) is 5.92 Å². The van der Waals surface area contributed by atoms with Crippen LogP contribution < -0.4 is 5.32 Å². The van der Waals surface area contributed by atoms with Crippen molar-refractivity contribution >= 4 is 0 Å². The molecule has 1 aliphatic rings. The number of hydrogen-bond acceptors (Lipinski definition) is 2. The van der Waals surface area contributed by atoms with Crippen LogP contribution in [-0.2, 0) is 0 Å². The smallest absolute Gasteiger partial charge is 0.0192 e. The summed E-state index contributed by atoms with van der Waals surface area (Å²) in [5.74, 6) is 0.926. The highest BCUT2D eigenvalue weighted by atomic mass is 15.2. The summed E-state index contributed by atoms with van der Waals surface area (Å²) in [6.07, 6.45) is 8.25. The molecular formula is C14H30N2. The van der Waals surface area contributed by atoms with E-state index in [2.05, 4.69) is 31.1 Å². The van der Waals surface area contributed by atoms with E-state index in [0.29, 0.717) is 0 Å². The quantitative estimate of drug-likeness (QED) is 0.718. The second-order valence-corrected chi connectivity index (χ2v) is 5.30. The Balaban J connectivity index is 2.27. The number of piperidine rings is 1. The van der Waals surface area contributed by atoms with E-state index in [1.165, 1.54) is 58.2 Å². The maximum absolute atomic E-state index is 3.43. The van der Waals surface area contributed by atoms with Gasteiger partial charge >= 0.3 is 0 Å². The van der Waals surface area contributed by atoms with Gasteiger partial charge in [0.05, 0.1) is 0 Å². The van der Waals surface area contributed by atoms with Crippen molar-refractivity contribution in [2.45, 2.75) is 58.4 Å². The summed E-state index contributed by atoms with van der Waals surface area (Å²) in [4.78, 5) is 2.68. The molecule has 0 aromatic carbocycles. The van der Waals surface area contributed by atoms with E-state index in [0.717, 1.165) is 12.0 Å². The first-order chi connectivity index (χ1) is 7.80. The van der Waals surface area contributed by atoms with Crippen molar-refractivity contribution in [3.8, 4) is 0 Å². The first kappa shape index (κ1) is 14.0. The Morgan fingerprint density at radius 3 is 2.81 bits per heavy atom. The summed E-state index contributed by atoms with van der Waals surface area (Å²) < 4.78 is 0. The van der Waals surface area contributed by atoms with Crippen molar-refractivity contribution < 1.29 is 0 Å². The minimum atomic E-state index is 0.734. The molecule has 0 radical (unpaired) electrons. The molecule has 1 aliphatic heterocycles. The van der Waals surface area contributed by atoms with Gasteiger partial charge in [0.25, 0.3) is 0 Å². The van der Waals surface area contributed by atoms with Gasteiger partial charge in [0.1, 0.15) is 0 Å². The van der Waals surface area contributed by atoms with Crippen molar-refractivity contribution in [3.63, 3.8) is 0 Å². The largest absolute Gasteiger partial charge is 0.316 e. The van der Waals surface area contributed by atoms with E-state index in [4.69, 9.17) is 0 Å². The Labute approximate surface area is 102 Å². The molecule has 16 heavy (non-hydrogen) atoms. The number of hydrogen-bond donors (Lipinski definition) is 1. The number of nitrogens with one attached hydrogen (secondary N) is 1. The Morgan fingerprint density at radius 1 is 1.38 bits per heavy atom. The fourth-order valence-corrected chi connectivity index (χ4v) is 2.74. The van der Waals surface area contributed by atoms with Crippen LogP contribution in [0.1, 0.15) is 52.4 Å². The van der Waals surface area contributed by atoms with Gasteiger partial charge in [0, 0.05) is 19.1 Å². The second-order valence-electron chi connectivity index (χ2n) is 5.30. The fourth-order valence-electron chi connectivity index (χ4n) is 2.74. The predicted molar refractivity (Wildman–Crippen MR) is 71.8 cm³/mol. The highest BCUT2D eigenvalue weighted by molar-refractivity contribution is 4.78. The van der Waals surface area contributed by atoms with Gasteiger partial charge in [0.2, 0.25) is 0 Å². The molecular weight excluding hydrogens is 196 g/mol. The van der Waals surface area contributed by atoms with Gasteiger partial charge < -0.3 is 10.2 Å². The van der Waals surface area contributed by atoms with Crippen molar-refractivity contribution in [3.05, 3.63) is 0 Å². The molecule has 0 aromatic rings. The Morgan fingerprint density at radius 2 is 2.19 bits per heavy atom. The summed E-state index contributed by atoms with van der Waals surface area (Å²) in [7, 11) is 2.10. The van der Waals surface area contributed by atoms with Gasteiger partial charge in [-0.3, -0.25) is 0 Å². The lowest BCUT2D eigenvalue weighted by Gasteiger charge is -2.34. The summed E-state index contributed by atoms with van der Waals surface area (Å²) >= 11 is 0. The molecule has 0 aliphatic carbocycles. The third-order valence-corrected chi connectivity index (χ3v) is 3.97. The molecule has 96 valence electrons. The Hall–Kier alpha value is -0.0800. The van der Waals surface area contributed by atoms with E-state index < -0.39 is 0 Å². The van der Waals surface area contributed by atoms with Crippen LogP contribution in [0, 0.1) is 5.92 Å². The van der Waals surface area contributed by atoms with E-state index in [9.17, 15) is 0 Å². The van der Waals surface area contributed by atoms with Crippen LogP contribution in [0.2, 0.25) is 0 Å². The molecule has 0 aromatic heterocycles. The average Bonchev–Trinajstić information content (AvgIpc) is 2.34. The molecule has 1 saturated heterocycles. The molecule has 0 spiro atoms. The first-order valence-corrected chi connectivity index (χ1v) is 7.19. The van der Waals surface area contributed by atoms with E-state index >= 15 is 0 Å². The van der Waals surface area contributed by atoms with E-state index in [1.54, 1.807) is 0 Å². The SMILES string of the molecule is CCCCC(CC)CN1CCCC(NC)C1. The lowest BCUT2D eigenvalue weighted by molar-refractivity contribution is 0.162. The molecule has 1 fully saturated rings. The summed E-state index contributed by atoms with van der Waals surface area (Å²) in [6, 6.07) is 0.734. The molecule has 0 saturated carbocycles. The van der Waals surface area contributed by atoms with E-state index in [-0.39, 0.29) is 0 Å². The fraction of sp³-hybridized carbons (Fsp3) is 1.00. The van der Waals surface area contributed by atoms with Crippen LogP contribution in [0.5, 0.6) is 0 Å². The van der Waals surface area contributed by atoms with E-state index in [1.807, 2.05) is 0 Å². The van der Waals surface area contributed by atoms with Crippen molar-refractivity contribution in [1.29, 1.82) is 0 Å². The lowest BCUT2D eigenvalue weighted by atomic mass is 9.97. The zero-order chi connectivity index (χ0) is 11.8. The lowest BCUT2D eigenvalue weighted by Crippen LogP contribution is -2.45. The Kier molecular flexibility index (Phi) is 7.06. The maximum Gasteiger partial charge on any atom is 0.0192 e. The van der Waals surface area contributed by atoms with Gasteiger partial charge in [-0.1, -0.05) is 33.1 Å². The van der Waals surface area contributed by atoms with Gasteiger partial charge in [-0.2, -0.15) is 0 Å². The van der Waals surface area contributed by atoms with Crippen LogP contribution in [-0.4, -0.2) is 37.6 Å². The molecule has 2 atom stereocenters. The molecule has 2 heteroatoms. The zero-order valence-electron chi connectivity index (χ0n) is 11.5. The minimum Gasteiger partial charge on any atom is -0.316 e. The summed E-state index contributed by atoms with van der Waals surface area (Å²) in [5.41, 5.74) is 0.